The Hall–Kier alpha value is -0.120. The second-order valence-corrected chi connectivity index (χ2v) is 6.76. The lowest BCUT2D eigenvalue weighted by molar-refractivity contribution is -0.0872. The zero-order valence-corrected chi connectivity index (χ0v) is 12.3. The highest BCUT2D eigenvalue weighted by Crippen LogP contribution is 2.43. The van der Waals surface area contributed by atoms with Crippen LogP contribution < -0.4 is 5.32 Å². The smallest absolute Gasteiger partial charge is 0.0817 e. The van der Waals surface area contributed by atoms with Crippen molar-refractivity contribution < 1.29 is 9.47 Å². The molecule has 19 heavy (non-hydrogen) atoms. The van der Waals surface area contributed by atoms with Crippen LogP contribution in [0.15, 0.2) is 0 Å². The van der Waals surface area contributed by atoms with Gasteiger partial charge < -0.3 is 14.8 Å². The minimum absolute atomic E-state index is 0.262. The molecule has 2 saturated carbocycles. The van der Waals surface area contributed by atoms with Crippen LogP contribution in [-0.4, -0.2) is 37.5 Å². The fraction of sp³-hybridized carbons (Fsp3) is 1.00. The number of ether oxygens (including phenoxy) is 2. The van der Waals surface area contributed by atoms with Crippen LogP contribution in [0, 0.1) is 0 Å². The molecular weight excluding hydrogens is 238 g/mol. The quantitative estimate of drug-likeness (QED) is 0.849. The van der Waals surface area contributed by atoms with Crippen molar-refractivity contribution in [2.45, 2.75) is 88.1 Å². The zero-order chi connectivity index (χ0) is 13.1. The van der Waals surface area contributed by atoms with Crippen LogP contribution in [0.5, 0.6) is 0 Å². The van der Waals surface area contributed by atoms with E-state index in [4.69, 9.17) is 9.47 Å². The Balaban J connectivity index is 1.37. The first-order chi connectivity index (χ1) is 9.30. The summed E-state index contributed by atoms with van der Waals surface area (Å²) in [5.41, 5.74) is 0.262. The van der Waals surface area contributed by atoms with Crippen LogP contribution in [0.1, 0.15) is 64.2 Å². The molecule has 1 atom stereocenters. The Morgan fingerprint density at radius 1 is 1.05 bits per heavy atom. The van der Waals surface area contributed by atoms with Crippen LogP contribution in [0.2, 0.25) is 0 Å². The summed E-state index contributed by atoms with van der Waals surface area (Å²) in [5, 5.41) is 3.37. The molecule has 1 aliphatic heterocycles. The lowest BCUT2D eigenvalue weighted by Crippen LogP contribution is -2.34. The minimum Gasteiger partial charge on any atom is -0.376 e. The minimum atomic E-state index is 0.262. The Labute approximate surface area is 117 Å². The highest BCUT2D eigenvalue weighted by atomic mass is 16.6. The van der Waals surface area contributed by atoms with Crippen molar-refractivity contribution in [2.75, 3.05) is 13.7 Å². The summed E-state index contributed by atoms with van der Waals surface area (Å²) in [4.78, 5) is 0. The van der Waals surface area contributed by atoms with Gasteiger partial charge in [0.1, 0.15) is 0 Å². The first-order valence-corrected chi connectivity index (χ1v) is 8.26. The van der Waals surface area contributed by atoms with Gasteiger partial charge in [0.05, 0.1) is 24.4 Å². The number of hydrogen-bond donors (Lipinski definition) is 1. The van der Waals surface area contributed by atoms with Crippen molar-refractivity contribution >= 4 is 0 Å². The summed E-state index contributed by atoms with van der Waals surface area (Å²) >= 11 is 0. The maximum absolute atomic E-state index is 6.31. The van der Waals surface area contributed by atoms with Crippen LogP contribution >= 0.6 is 0 Å². The molecule has 0 radical (unpaired) electrons. The van der Waals surface area contributed by atoms with Crippen LogP contribution in [-0.2, 0) is 9.47 Å². The summed E-state index contributed by atoms with van der Waals surface area (Å²) in [7, 11) is 2.07. The molecule has 0 amide bonds. The number of rotatable bonds is 4. The van der Waals surface area contributed by atoms with E-state index in [9.17, 15) is 0 Å². The van der Waals surface area contributed by atoms with E-state index in [1.165, 1.54) is 64.2 Å². The molecular formula is C16H29NO2. The fourth-order valence-electron chi connectivity index (χ4n) is 4.16. The average Bonchev–Trinajstić information content (AvgIpc) is 3.08. The third kappa shape index (κ3) is 3.32. The highest BCUT2D eigenvalue weighted by Gasteiger charge is 2.42. The molecule has 1 N–H and O–H groups in total. The normalized spacial score (nSPS) is 38.1. The summed E-state index contributed by atoms with van der Waals surface area (Å²) in [6.07, 6.45) is 13.6. The Morgan fingerprint density at radius 3 is 2.47 bits per heavy atom. The van der Waals surface area contributed by atoms with E-state index in [0.29, 0.717) is 18.2 Å². The summed E-state index contributed by atoms with van der Waals surface area (Å²) < 4.78 is 12.4. The third-order valence-corrected chi connectivity index (χ3v) is 5.45. The molecule has 0 aromatic rings. The molecule has 1 unspecified atom stereocenters. The summed E-state index contributed by atoms with van der Waals surface area (Å²) in [6.45, 7) is 0.830. The van der Waals surface area contributed by atoms with E-state index in [1.54, 1.807) is 0 Å². The molecule has 3 aliphatic rings. The van der Waals surface area contributed by atoms with Gasteiger partial charge in [-0.2, -0.15) is 0 Å². The van der Waals surface area contributed by atoms with Gasteiger partial charge in [0.15, 0.2) is 0 Å². The van der Waals surface area contributed by atoms with E-state index >= 15 is 0 Å². The lowest BCUT2D eigenvalue weighted by atomic mass is 9.93. The lowest BCUT2D eigenvalue weighted by Gasteiger charge is -2.29. The van der Waals surface area contributed by atoms with Crippen molar-refractivity contribution in [1.82, 2.24) is 5.32 Å². The molecule has 1 spiro atoms. The Bertz CT molecular complexity index is 280. The molecule has 0 bridgehead atoms. The van der Waals surface area contributed by atoms with Gasteiger partial charge in [-0.1, -0.05) is 12.8 Å². The van der Waals surface area contributed by atoms with Crippen LogP contribution in [0.3, 0.4) is 0 Å². The molecule has 0 aromatic heterocycles. The van der Waals surface area contributed by atoms with Gasteiger partial charge in [-0.25, -0.2) is 0 Å². The maximum Gasteiger partial charge on any atom is 0.0817 e. The topological polar surface area (TPSA) is 30.5 Å². The molecule has 1 saturated heterocycles. The van der Waals surface area contributed by atoms with Crippen molar-refractivity contribution in [2.24, 2.45) is 0 Å². The maximum atomic E-state index is 6.31. The zero-order valence-electron chi connectivity index (χ0n) is 12.3. The molecule has 1 heterocycles. The standard InChI is InChI=1S/C16H29NO2/c1-17-13-4-6-14(7-5-13)18-12-15-8-11-16(19-15)9-2-3-10-16/h13-15,17H,2-12H2,1H3. The van der Waals surface area contributed by atoms with Gasteiger partial charge in [0.25, 0.3) is 0 Å². The summed E-state index contributed by atoms with van der Waals surface area (Å²) in [5.74, 6) is 0. The SMILES string of the molecule is CNC1CCC(OCC2CCC3(CCCC3)O2)CC1. The molecule has 3 heteroatoms. The third-order valence-electron chi connectivity index (χ3n) is 5.45. The van der Waals surface area contributed by atoms with Gasteiger partial charge in [0, 0.05) is 6.04 Å². The predicted molar refractivity (Wildman–Crippen MR) is 76.4 cm³/mol. The van der Waals surface area contributed by atoms with Crippen molar-refractivity contribution in [3.63, 3.8) is 0 Å². The van der Waals surface area contributed by atoms with Gasteiger partial charge >= 0.3 is 0 Å². The van der Waals surface area contributed by atoms with Gasteiger partial charge in [0.2, 0.25) is 0 Å². The second kappa shape index (κ2) is 6.11. The van der Waals surface area contributed by atoms with Gasteiger partial charge in [-0.15, -0.1) is 0 Å². The fourth-order valence-corrected chi connectivity index (χ4v) is 4.16. The largest absolute Gasteiger partial charge is 0.376 e. The van der Waals surface area contributed by atoms with E-state index < -0.39 is 0 Å². The Kier molecular flexibility index (Phi) is 4.45. The number of hydrogen-bond acceptors (Lipinski definition) is 3. The van der Waals surface area contributed by atoms with E-state index in [0.717, 1.165) is 6.61 Å². The molecule has 110 valence electrons. The predicted octanol–water partition coefficient (Wildman–Crippen LogP) is 3.03. The van der Waals surface area contributed by atoms with Crippen LogP contribution in [0.25, 0.3) is 0 Å². The molecule has 3 nitrogen and oxygen atoms in total. The van der Waals surface area contributed by atoms with Crippen molar-refractivity contribution in [3.8, 4) is 0 Å². The molecule has 3 fully saturated rings. The monoisotopic (exact) mass is 267 g/mol. The average molecular weight is 267 g/mol. The first-order valence-electron chi connectivity index (χ1n) is 8.26. The van der Waals surface area contributed by atoms with E-state index in [-0.39, 0.29) is 5.60 Å². The van der Waals surface area contributed by atoms with E-state index in [2.05, 4.69) is 12.4 Å². The number of nitrogens with one attached hydrogen (secondary N) is 1. The molecule has 2 aliphatic carbocycles. The Morgan fingerprint density at radius 2 is 1.79 bits per heavy atom. The second-order valence-electron chi connectivity index (χ2n) is 6.76. The van der Waals surface area contributed by atoms with Gasteiger partial charge in [-0.3, -0.25) is 0 Å². The van der Waals surface area contributed by atoms with Crippen molar-refractivity contribution in [1.29, 1.82) is 0 Å². The van der Waals surface area contributed by atoms with Gasteiger partial charge in [-0.05, 0) is 58.4 Å². The molecule has 3 rings (SSSR count). The van der Waals surface area contributed by atoms with E-state index in [1.807, 2.05) is 0 Å². The van der Waals surface area contributed by atoms with Crippen LogP contribution in [0.4, 0.5) is 0 Å². The molecule has 0 aromatic carbocycles. The van der Waals surface area contributed by atoms with Crippen molar-refractivity contribution in [3.05, 3.63) is 0 Å². The first kappa shape index (κ1) is 13.8. The summed E-state index contributed by atoms with van der Waals surface area (Å²) in [6, 6.07) is 0.712. The highest BCUT2D eigenvalue weighted by molar-refractivity contribution is 4.92.